The molecule has 0 radical (unpaired) electrons. The van der Waals surface area contributed by atoms with Crippen molar-refractivity contribution in [3.63, 3.8) is 0 Å². The lowest BCUT2D eigenvalue weighted by Crippen LogP contribution is -2.51. The molecule has 3 aromatic rings. The molecule has 0 saturated carbocycles. The molecular weight excluding hydrogens is 546 g/mol. The van der Waals surface area contributed by atoms with E-state index in [-0.39, 0.29) is 43.8 Å². The van der Waals surface area contributed by atoms with Crippen LogP contribution < -0.4 is 9.62 Å². The van der Waals surface area contributed by atoms with Crippen LogP contribution in [0.25, 0.3) is 0 Å². The summed E-state index contributed by atoms with van der Waals surface area (Å²) in [6.07, 6.45) is 1.85. The van der Waals surface area contributed by atoms with Gasteiger partial charge in [-0.05, 0) is 68.1 Å². The fraction of sp³-hybridized carbons (Fsp3) is 0.355. The van der Waals surface area contributed by atoms with Crippen molar-refractivity contribution in [3.8, 4) is 0 Å². The summed E-state index contributed by atoms with van der Waals surface area (Å²) in [6.45, 7) is 5.99. The third kappa shape index (κ3) is 9.38. The van der Waals surface area contributed by atoms with Gasteiger partial charge in [-0.25, -0.2) is 8.42 Å². The van der Waals surface area contributed by atoms with Crippen LogP contribution >= 0.6 is 11.6 Å². The second-order valence-corrected chi connectivity index (χ2v) is 12.6. The van der Waals surface area contributed by atoms with E-state index in [1.165, 1.54) is 4.31 Å². The Balaban J connectivity index is 1.88. The molecule has 0 saturated heterocycles. The Hall–Kier alpha value is -3.36. The largest absolute Gasteiger partial charge is 0.352 e. The summed E-state index contributed by atoms with van der Waals surface area (Å²) >= 11 is 6.23. The number of carbonyl (C=O) groups is 2. The fourth-order valence-electron chi connectivity index (χ4n) is 4.55. The van der Waals surface area contributed by atoms with Crippen LogP contribution in [0, 0.1) is 6.92 Å². The molecule has 9 heteroatoms. The summed E-state index contributed by atoms with van der Waals surface area (Å²) in [5.74, 6) is -0.482. The second kappa shape index (κ2) is 14.3. The number of sulfonamides is 1. The smallest absolute Gasteiger partial charge is 0.243 e. The lowest BCUT2D eigenvalue weighted by Gasteiger charge is -2.32. The number of carbonyl (C=O) groups excluding carboxylic acids is 2. The minimum atomic E-state index is -3.56. The average Bonchev–Trinajstić information content (AvgIpc) is 2.88. The highest BCUT2D eigenvalue weighted by Crippen LogP contribution is 2.22. The monoisotopic (exact) mass is 583 g/mol. The van der Waals surface area contributed by atoms with Crippen molar-refractivity contribution in [2.75, 3.05) is 17.1 Å². The summed E-state index contributed by atoms with van der Waals surface area (Å²) in [5, 5.41) is 3.51. The van der Waals surface area contributed by atoms with Crippen molar-refractivity contribution in [2.45, 2.75) is 58.7 Å². The van der Waals surface area contributed by atoms with Crippen molar-refractivity contribution in [2.24, 2.45) is 0 Å². The zero-order valence-corrected chi connectivity index (χ0v) is 25.1. The van der Waals surface area contributed by atoms with E-state index in [1.807, 2.05) is 75.4 Å². The van der Waals surface area contributed by atoms with Crippen LogP contribution in [-0.2, 0) is 32.6 Å². The van der Waals surface area contributed by atoms with Gasteiger partial charge in [0.25, 0.3) is 0 Å². The minimum absolute atomic E-state index is 0.0681. The van der Waals surface area contributed by atoms with Gasteiger partial charge in [0, 0.05) is 37.0 Å². The molecule has 1 atom stereocenters. The Morgan fingerprint density at radius 3 is 2.23 bits per heavy atom. The highest BCUT2D eigenvalue weighted by atomic mass is 35.5. The molecular formula is C31H38ClN3O4S. The molecule has 0 aliphatic carbocycles. The van der Waals surface area contributed by atoms with E-state index in [2.05, 4.69) is 5.32 Å². The first kappa shape index (κ1) is 31.2. The van der Waals surface area contributed by atoms with Crippen LogP contribution in [0.1, 0.15) is 43.4 Å². The number of hydrogen-bond acceptors (Lipinski definition) is 4. The van der Waals surface area contributed by atoms with E-state index >= 15 is 0 Å². The van der Waals surface area contributed by atoms with E-state index < -0.39 is 16.1 Å². The van der Waals surface area contributed by atoms with Gasteiger partial charge in [0.15, 0.2) is 0 Å². The third-order valence-electron chi connectivity index (χ3n) is 6.39. The number of amides is 2. The Labute approximate surface area is 243 Å². The van der Waals surface area contributed by atoms with Gasteiger partial charge in [-0.3, -0.25) is 13.9 Å². The third-order valence-corrected chi connectivity index (χ3v) is 7.81. The van der Waals surface area contributed by atoms with Crippen LogP contribution in [-0.4, -0.2) is 50.0 Å². The van der Waals surface area contributed by atoms with E-state index in [0.29, 0.717) is 17.1 Å². The van der Waals surface area contributed by atoms with Crippen LogP contribution in [0.3, 0.4) is 0 Å². The molecule has 0 aliphatic heterocycles. The topological polar surface area (TPSA) is 86.8 Å². The Morgan fingerprint density at radius 2 is 1.60 bits per heavy atom. The molecule has 3 aromatic carbocycles. The summed E-state index contributed by atoms with van der Waals surface area (Å²) in [4.78, 5) is 28.9. The Kier molecular flexibility index (Phi) is 11.2. The summed E-state index contributed by atoms with van der Waals surface area (Å²) < 4.78 is 26.5. The summed E-state index contributed by atoms with van der Waals surface area (Å²) in [7, 11) is -3.56. The van der Waals surface area contributed by atoms with Crippen molar-refractivity contribution in [1.82, 2.24) is 10.2 Å². The molecule has 40 heavy (non-hydrogen) atoms. The number of benzene rings is 3. The Bertz CT molecular complexity index is 1400. The van der Waals surface area contributed by atoms with E-state index in [0.717, 1.165) is 22.9 Å². The zero-order valence-electron chi connectivity index (χ0n) is 23.5. The first-order chi connectivity index (χ1) is 18.9. The molecule has 3 rings (SSSR count). The van der Waals surface area contributed by atoms with E-state index in [9.17, 15) is 18.0 Å². The maximum atomic E-state index is 13.8. The maximum Gasteiger partial charge on any atom is 0.243 e. The normalized spacial score (nSPS) is 12.2. The molecule has 0 unspecified atom stereocenters. The lowest BCUT2D eigenvalue weighted by molar-refractivity contribution is -0.141. The molecule has 214 valence electrons. The van der Waals surface area contributed by atoms with Gasteiger partial charge in [-0.1, -0.05) is 66.2 Å². The standard InChI is InChI=1S/C31H38ClN3O4S/c1-23(2)33-31(37)29(21-25-12-6-5-7-13-25)34(22-26-14-9-15-27(32)20-26)30(36)17-10-18-35(40(4,38)39)28-16-8-11-24(3)19-28/h5-9,11-16,19-20,23,29H,10,17-18,21-22H2,1-4H3,(H,33,37)/t29-/m0/s1. The van der Waals surface area contributed by atoms with Gasteiger partial charge in [0.2, 0.25) is 21.8 Å². The number of halogens is 1. The molecule has 2 amide bonds. The zero-order chi connectivity index (χ0) is 29.3. The predicted molar refractivity (Wildman–Crippen MR) is 162 cm³/mol. The molecule has 0 aromatic heterocycles. The molecule has 1 N–H and O–H groups in total. The Morgan fingerprint density at radius 1 is 0.925 bits per heavy atom. The maximum absolute atomic E-state index is 13.8. The molecule has 0 aliphatic rings. The molecule has 0 fully saturated rings. The van der Waals surface area contributed by atoms with Crippen LogP contribution in [0.2, 0.25) is 5.02 Å². The number of nitrogens with zero attached hydrogens (tertiary/aromatic N) is 2. The van der Waals surface area contributed by atoms with Gasteiger partial charge >= 0.3 is 0 Å². The average molecular weight is 584 g/mol. The number of hydrogen-bond donors (Lipinski definition) is 1. The van der Waals surface area contributed by atoms with Crippen LogP contribution in [0.4, 0.5) is 5.69 Å². The van der Waals surface area contributed by atoms with Gasteiger partial charge in [-0.15, -0.1) is 0 Å². The van der Waals surface area contributed by atoms with E-state index in [4.69, 9.17) is 11.6 Å². The quantitative estimate of drug-likeness (QED) is 0.293. The van der Waals surface area contributed by atoms with Crippen molar-refractivity contribution in [3.05, 3.63) is 101 Å². The number of anilines is 1. The SMILES string of the molecule is Cc1cccc(N(CCCC(=O)N(Cc2cccc(Cl)c2)[C@@H](Cc2ccccc2)C(=O)NC(C)C)S(C)(=O)=O)c1. The van der Waals surface area contributed by atoms with Crippen LogP contribution in [0.15, 0.2) is 78.9 Å². The van der Waals surface area contributed by atoms with Gasteiger partial charge in [-0.2, -0.15) is 0 Å². The van der Waals surface area contributed by atoms with Crippen molar-refractivity contribution < 1.29 is 18.0 Å². The molecule has 7 nitrogen and oxygen atoms in total. The first-order valence-corrected chi connectivity index (χ1v) is 15.6. The predicted octanol–water partition coefficient (Wildman–Crippen LogP) is 5.36. The summed E-state index contributed by atoms with van der Waals surface area (Å²) in [6, 6.07) is 23.2. The minimum Gasteiger partial charge on any atom is -0.352 e. The van der Waals surface area contributed by atoms with E-state index in [1.54, 1.807) is 29.2 Å². The molecule has 0 spiro atoms. The molecule has 0 bridgehead atoms. The fourth-order valence-corrected chi connectivity index (χ4v) is 5.72. The lowest BCUT2D eigenvalue weighted by atomic mass is 10.0. The van der Waals surface area contributed by atoms with Gasteiger partial charge < -0.3 is 10.2 Å². The summed E-state index contributed by atoms with van der Waals surface area (Å²) in [5.41, 5.74) is 3.23. The number of nitrogens with one attached hydrogen (secondary N) is 1. The molecule has 0 heterocycles. The van der Waals surface area contributed by atoms with Crippen molar-refractivity contribution >= 4 is 39.1 Å². The van der Waals surface area contributed by atoms with Gasteiger partial charge in [0.1, 0.15) is 6.04 Å². The number of rotatable bonds is 13. The van der Waals surface area contributed by atoms with Crippen molar-refractivity contribution in [1.29, 1.82) is 0 Å². The number of aryl methyl sites for hydroxylation is 1. The van der Waals surface area contributed by atoms with Gasteiger partial charge in [0.05, 0.1) is 11.9 Å². The second-order valence-electron chi connectivity index (χ2n) is 10.3. The highest BCUT2D eigenvalue weighted by Gasteiger charge is 2.31. The first-order valence-electron chi connectivity index (χ1n) is 13.4. The highest BCUT2D eigenvalue weighted by molar-refractivity contribution is 7.92. The van der Waals surface area contributed by atoms with Crippen LogP contribution in [0.5, 0.6) is 0 Å².